The molecule has 0 fully saturated rings. The zero-order valence-electron chi connectivity index (χ0n) is 29.0. The summed E-state index contributed by atoms with van der Waals surface area (Å²) in [6.45, 7) is 6.08. The van der Waals surface area contributed by atoms with E-state index in [1.54, 1.807) is 0 Å². The fourth-order valence-electron chi connectivity index (χ4n) is 6.91. The van der Waals surface area contributed by atoms with Crippen LogP contribution in [-0.2, 0) is 0 Å². The van der Waals surface area contributed by atoms with Gasteiger partial charge in [-0.3, -0.25) is 4.57 Å². The molecule has 6 heteroatoms. The first-order chi connectivity index (χ1) is 26.2. The van der Waals surface area contributed by atoms with Crippen LogP contribution in [0.3, 0.4) is 0 Å². The van der Waals surface area contributed by atoms with Gasteiger partial charge in [0, 0.05) is 38.7 Å². The maximum Gasteiger partial charge on any atom is 0.164 e. The average molecular weight is 684 g/mol. The Morgan fingerprint density at radius 1 is 0.547 bits per heavy atom. The van der Waals surface area contributed by atoms with Gasteiger partial charge in [-0.15, -0.1) is 0 Å². The highest BCUT2D eigenvalue weighted by molar-refractivity contribution is 6.12. The summed E-state index contributed by atoms with van der Waals surface area (Å²) in [7, 11) is 0. The van der Waals surface area contributed by atoms with Crippen molar-refractivity contribution in [1.29, 1.82) is 0 Å². The number of rotatable bonds is 8. The Hall–Kier alpha value is -7.18. The number of nitrogens with zero attached hydrogens (tertiary/aromatic N) is 5. The van der Waals surface area contributed by atoms with Gasteiger partial charge in [0.1, 0.15) is 17.0 Å². The van der Waals surface area contributed by atoms with Crippen LogP contribution in [0.5, 0.6) is 0 Å². The maximum absolute atomic E-state index is 6.44. The SMILES string of the molecule is C=Cc1nc(-c2cccc(-c3ccc4oc5cccc(-c6nc(-c7ccccc7)nc(-c7ccccc7)n6)c5c4c3)c2)n(-c2ccccc2)c1/C=C\C. The van der Waals surface area contributed by atoms with Crippen LogP contribution in [0.25, 0.3) is 96.5 Å². The van der Waals surface area contributed by atoms with Crippen LogP contribution < -0.4 is 0 Å². The summed E-state index contributed by atoms with van der Waals surface area (Å²) in [5.41, 5.74) is 10.2. The molecular weight excluding hydrogens is 651 g/mol. The number of hydrogen-bond acceptors (Lipinski definition) is 5. The van der Waals surface area contributed by atoms with Gasteiger partial charge < -0.3 is 4.42 Å². The second-order valence-corrected chi connectivity index (χ2v) is 12.7. The Morgan fingerprint density at radius 3 is 1.83 bits per heavy atom. The molecule has 0 atom stereocenters. The molecule has 6 nitrogen and oxygen atoms in total. The minimum absolute atomic E-state index is 0.584. The third-order valence-corrected chi connectivity index (χ3v) is 9.36. The van der Waals surface area contributed by atoms with E-state index in [9.17, 15) is 0 Å². The number of para-hydroxylation sites is 1. The molecule has 0 aliphatic heterocycles. The van der Waals surface area contributed by atoms with E-state index in [0.717, 1.165) is 78.2 Å². The lowest BCUT2D eigenvalue weighted by atomic mass is 9.99. The summed E-state index contributed by atoms with van der Waals surface area (Å²) < 4.78 is 8.64. The molecule has 0 N–H and O–H groups in total. The van der Waals surface area contributed by atoms with Crippen molar-refractivity contribution < 1.29 is 4.42 Å². The third-order valence-electron chi connectivity index (χ3n) is 9.36. The van der Waals surface area contributed by atoms with E-state index >= 15 is 0 Å². The summed E-state index contributed by atoms with van der Waals surface area (Å²) in [5, 5.41) is 1.94. The quantitative estimate of drug-likeness (QED) is 0.159. The summed E-state index contributed by atoms with van der Waals surface area (Å²) in [4.78, 5) is 20.1. The van der Waals surface area contributed by atoms with Crippen molar-refractivity contribution in [2.45, 2.75) is 6.92 Å². The minimum Gasteiger partial charge on any atom is -0.456 e. The summed E-state index contributed by atoms with van der Waals surface area (Å²) in [6, 6.07) is 51.3. The fourth-order valence-corrected chi connectivity index (χ4v) is 6.91. The van der Waals surface area contributed by atoms with Gasteiger partial charge in [-0.05, 0) is 66.6 Å². The number of fused-ring (bicyclic) bond motifs is 3. The van der Waals surface area contributed by atoms with Crippen LogP contribution in [0.2, 0.25) is 0 Å². The highest BCUT2D eigenvalue weighted by Gasteiger charge is 2.20. The summed E-state index contributed by atoms with van der Waals surface area (Å²) in [5.74, 6) is 2.66. The number of imidazole rings is 1. The molecule has 252 valence electrons. The molecular formula is C47H33N5O. The Bertz CT molecular complexity index is 2740. The monoisotopic (exact) mass is 683 g/mol. The van der Waals surface area contributed by atoms with E-state index < -0.39 is 0 Å². The van der Waals surface area contributed by atoms with Gasteiger partial charge >= 0.3 is 0 Å². The first kappa shape index (κ1) is 31.8. The topological polar surface area (TPSA) is 69.6 Å². The molecule has 0 aliphatic rings. The van der Waals surface area contributed by atoms with E-state index in [1.165, 1.54) is 0 Å². The van der Waals surface area contributed by atoms with Gasteiger partial charge in [-0.25, -0.2) is 19.9 Å². The molecule has 0 spiro atoms. The number of furan rings is 1. The van der Waals surface area contributed by atoms with E-state index in [0.29, 0.717) is 17.5 Å². The summed E-state index contributed by atoms with van der Waals surface area (Å²) in [6.07, 6.45) is 5.93. The Morgan fingerprint density at radius 2 is 1.15 bits per heavy atom. The highest BCUT2D eigenvalue weighted by atomic mass is 16.3. The van der Waals surface area contributed by atoms with E-state index in [4.69, 9.17) is 24.4 Å². The highest BCUT2D eigenvalue weighted by Crippen LogP contribution is 2.39. The molecule has 9 rings (SSSR count). The molecule has 0 bridgehead atoms. The predicted molar refractivity (Wildman–Crippen MR) is 216 cm³/mol. The van der Waals surface area contributed by atoms with Gasteiger partial charge in [-0.1, -0.05) is 128 Å². The van der Waals surface area contributed by atoms with Crippen LogP contribution in [0, 0.1) is 0 Å². The van der Waals surface area contributed by atoms with Crippen LogP contribution >= 0.6 is 0 Å². The van der Waals surface area contributed by atoms with Crippen LogP contribution in [0.1, 0.15) is 18.3 Å². The molecule has 6 aromatic carbocycles. The fraction of sp³-hybridized carbons (Fsp3) is 0.0213. The lowest BCUT2D eigenvalue weighted by molar-refractivity contribution is 0.669. The minimum atomic E-state index is 0.584. The first-order valence-electron chi connectivity index (χ1n) is 17.5. The average Bonchev–Trinajstić information content (AvgIpc) is 3.80. The van der Waals surface area contributed by atoms with Crippen molar-refractivity contribution in [2.75, 3.05) is 0 Å². The van der Waals surface area contributed by atoms with E-state index in [-0.39, 0.29) is 0 Å². The van der Waals surface area contributed by atoms with Crippen molar-refractivity contribution in [1.82, 2.24) is 24.5 Å². The number of benzene rings is 6. The number of hydrogen-bond donors (Lipinski definition) is 0. The lowest BCUT2D eigenvalue weighted by Gasteiger charge is -2.12. The van der Waals surface area contributed by atoms with Gasteiger partial charge in [0.25, 0.3) is 0 Å². The molecule has 53 heavy (non-hydrogen) atoms. The van der Waals surface area contributed by atoms with Crippen molar-refractivity contribution >= 4 is 34.1 Å². The van der Waals surface area contributed by atoms with Crippen LogP contribution in [-0.4, -0.2) is 24.5 Å². The second-order valence-electron chi connectivity index (χ2n) is 12.7. The zero-order chi connectivity index (χ0) is 35.7. The molecule has 0 amide bonds. The molecule has 3 aromatic heterocycles. The molecule has 9 aromatic rings. The molecule has 0 saturated carbocycles. The molecule has 0 radical (unpaired) electrons. The van der Waals surface area contributed by atoms with Crippen molar-refractivity contribution in [2.24, 2.45) is 0 Å². The van der Waals surface area contributed by atoms with Gasteiger partial charge in [-0.2, -0.15) is 0 Å². The van der Waals surface area contributed by atoms with E-state index in [2.05, 4.69) is 71.8 Å². The van der Waals surface area contributed by atoms with Gasteiger partial charge in [0.05, 0.1) is 11.4 Å². The van der Waals surface area contributed by atoms with Gasteiger partial charge in [0.2, 0.25) is 0 Å². The molecule has 3 heterocycles. The molecule has 0 saturated heterocycles. The number of aromatic nitrogens is 5. The van der Waals surface area contributed by atoms with Crippen LogP contribution in [0.15, 0.2) is 169 Å². The van der Waals surface area contributed by atoms with Crippen molar-refractivity contribution in [3.05, 3.63) is 176 Å². The largest absolute Gasteiger partial charge is 0.456 e. The number of allylic oxidation sites excluding steroid dienone is 1. The standard InChI is InChI=1S/C47H33N5O/c1-3-16-40-39(4-2)48-47(52(40)36-23-12-7-13-24-36)35-22-14-21-33(29-35)34-27-28-41-38(30-34)43-37(25-15-26-42(43)53-41)46-50-44(31-17-8-5-9-18-31)49-45(51-46)32-19-10-6-11-20-32/h3-30H,2H2,1H3/b16-3-. The Labute approximate surface area is 307 Å². The Balaban J connectivity index is 1.20. The maximum atomic E-state index is 6.44. The van der Waals surface area contributed by atoms with E-state index in [1.807, 2.05) is 116 Å². The smallest absolute Gasteiger partial charge is 0.164 e. The van der Waals surface area contributed by atoms with Gasteiger partial charge in [0.15, 0.2) is 17.5 Å². The second kappa shape index (κ2) is 13.5. The van der Waals surface area contributed by atoms with Crippen molar-refractivity contribution in [3.8, 4) is 62.4 Å². The first-order valence-corrected chi connectivity index (χ1v) is 17.5. The zero-order valence-corrected chi connectivity index (χ0v) is 29.0. The summed E-state index contributed by atoms with van der Waals surface area (Å²) >= 11 is 0. The van der Waals surface area contributed by atoms with Crippen molar-refractivity contribution in [3.63, 3.8) is 0 Å². The molecule has 0 aliphatic carbocycles. The predicted octanol–water partition coefficient (Wildman–Crippen LogP) is 12.0. The Kier molecular flexibility index (Phi) is 8.10. The van der Waals surface area contributed by atoms with Crippen LogP contribution in [0.4, 0.5) is 0 Å². The lowest BCUT2D eigenvalue weighted by Crippen LogP contribution is -2.00. The third kappa shape index (κ3) is 5.82. The molecule has 0 unspecified atom stereocenters. The normalized spacial score (nSPS) is 11.5.